The fourth-order valence-corrected chi connectivity index (χ4v) is 5.64. The largest absolute Gasteiger partial charge is 0.337 e. The number of carbonyl (C=O) groups excluding carboxylic acids is 2. The van der Waals surface area contributed by atoms with Gasteiger partial charge >= 0.3 is 0 Å². The minimum absolute atomic E-state index is 0.0183. The lowest BCUT2D eigenvalue weighted by atomic mass is 9.98. The second-order valence-electron chi connectivity index (χ2n) is 6.46. The number of imidazole rings is 1. The zero-order chi connectivity index (χ0) is 20.5. The van der Waals surface area contributed by atoms with Crippen LogP contribution in [0.2, 0.25) is 0 Å². The number of hydrogen-bond donors (Lipinski definition) is 2. The number of hydrogen-bond acceptors (Lipinski definition) is 6. The highest BCUT2D eigenvalue weighted by atomic mass is 79.9. The Hall–Kier alpha value is -1.76. The Labute approximate surface area is 175 Å². The van der Waals surface area contributed by atoms with Gasteiger partial charge in [-0.15, -0.1) is 11.3 Å². The van der Waals surface area contributed by atoms with Crippen molar-refractivity contribution in [3.63, 3.8) is 0 Å². The highest BCUT2D eigenvalue weighted by Gasteiger charge is 2.33. The monoisotopic (exact) mass is 489 g/mol. The van der Waals surface area contributed by atoms with Gasteiger partial charge < -0.3 is 4.57 Å². The molecule has 0 bridgehead atoms. The molecule has 1 aliphatic rings. The van der Waals surface area contributed by atoms with Crippen molar-refractivity contribution in [3.8, 4) is 0 Å². The van der Waals surface area contributed by atoms with Crippen molar-refractivity contribution in [2.75, 3.05) is 13.1 Å². The summed E-state index contributed by atoms with van der Waals surface area (Å²) in [6, 6.07) is 3.40. The maximum Gasteiger partial charge on any atom is 0.279 e. The van der Waals surface area contributed by atoms with Gasteiger partial charge in [-0.3, -0.25) is 20.4 Å². The Bertz CT molecular complexity index is 973. The third kappa shape index (κ3) is 4.45. The first-order valence-corrected chi connectivity index (χ1v) is 11.6. The van der Waals surface area contributed by atoms with Crippen LogP contribution in [0, 0.1) is 12.8 Å². The maximum absolute atomic E-state index is 12.7. The molecule has 3 rings (SSSR count). The van der Waals surface area contributed by atoms with Crippen LogP contribution in [0.25, 0.3) is 0 Å². The average Bonchev–Trinajstić information content (AvgIpc) is 3.25. The first-order valence-electron chi connectivity index (χ1n) is 8.54. The molecule has 2 aromatic rings. The molecule has 0 unspecified atom stereocenters. The molecule has 0 radical (unpaired) electrons. The standard InChI is InChI=1S/C16H20BrN5O4S2/c1-10-18-14(9-21(10)2)28(25,26)22-7-5-11(6-8-22)15(23)19-20-16(24)12-3-4-13(17)27-12/h3-4,9,11H,5-8H2,1-2H3,(H,19,23)(H,20,24). The molecule has 2 aromatic heterocycles. The van der Waals surface area contributed by atoms with Crippen molar-refractivity contribution < 1.29 is 18.0 Å². The molecule has 0 aliphatic carbocycles. The average molecular weight is 490 g/mol. The van der Waals surface area contributed by atoms with E-state index < -0.39 is 15.9 Å². The third-order valence-corrected chi connectivity index (χ3v) is 8.00. The zero-order valence-corrected chi connectivity index (χ0v) is 18.5. The molecule has 0 saturated carbocycles. The predicted molar refractivity (Wildman–Crippen MR) is 107 cm³/mol. The highest BCUT2D eigenvalue weighted by Crippen LogP contribution is 2.24. The van der Waals surface area contributed by atoms with E-state index in [1.165, 1.54) is 21.8 Å². The van der Waals surface area contributed by atoms with E-state index in [1.54, 1.807) is 30.7 Å². The second kappa shape index (κ2) is 8.31. The van der Waals surface area contributed by atoms with Crippen LogP contribution in [0.15, 0.2) is 27.1 Å². The Morgan fingerprint density at radius 3 is 2.46 bits per heavy atom. The van der Waals surface area contributed by atoms with Crippen LogP contribution in [0.1, 0.15) is 28.3 Å². The van der Waals surface area contributed by atoms with Crippen molar-refractivity contribution in [1.29, 1.82) is 0 Å². The number of aryl methyl sites for hydroxylation is 2. The van der Waals surface area contributed by atoms with E-state index in [0.717, 1.165) is 3.79 Å². The highest BCUT2D eigenvalue weighted by molar-refractivity contribution is 9.11. The van der Waals surface area contributed by atoms with E-state index in [4.69, 9.17) is 0 Å². The van der Waals surface area contributed by atoms with E-state index in [9.17, 15) is 18.0 Å². The lowest BCUT2D eigenvalue weighted by Crippen LogP contribution is -2.48. The molecule has 152 valence electrons. The lowest BCUT2D eigenvalue weighted by Gasteiger charge is -2.29. The number of carbonyl (C=O) groups is 2. The summed E-state index contributed by atoms with van der Waals surface area (Å²) in [6.07, 6.45) is 2.23. The number of thiophene rings is 1. The molecule has 2 N–H and O–H groups in total. The summed E-state index contributed by atoms with van der Waals surface area (Å²) in [4.78, 5) is 28.8. The molecule has 1 aliphatic heterocycles. The summed E-state index contributed by atoms with van der Waals surface area (Å²) in [6.45, 7) is 2.18. The molecule has 0 atom stereocenters. The van der Waals surface area contributed by atoms with Gasteiger partial charge in [0.25, 0.3) is 15.9 Å². The minimum Gasteiger partial charge on any atom is -0.337 e. The molecule has 9 nitrogen and oxygen atoms in total. The fourth-order valence-electron chi connectivity index (χ4n) is 2.86. The molecule has 0 spiro atoms. The smallest absolute Gasteiger partial charge is 0.279 e. The number of hydrazine groups is 1. The number of sulfonamides is 1. The summed E-state index contributed by atoms with van der Waals surface area (Å²) in [7, 11) is -1.94. The van der Waals surface area contributed by atoms with Crippen molar-refractivity contribution >= 4 is 49.1 Å². The molecule has 12 heteroatoms. The summed E-state index contributed by atoms with van der Waals surface area (Å²) >= 11 is 4.54. The van der Waals surface area contributed by atoms with E-state index >= 15 is 0 Å². The van der Waals surface area contributed by atoms with E-state index in [0.29, 0.717) is 23.5 Å². The van der Waals surface area contributed by atoms with Crippen LogP contribution in [0.3, 0.4) is 0 Å². The molecular formula is C16H20BrN5O4S2. The van der Waals surface area contributed by atoms with Gasteiger partial charge in [0.2, 0.25) is 5.91 Å². The number of aromatic nitrogens is 2. The van der Waals surface area contributed by atoms with Crippen LogP contribution >= 0.6 is 27.3 Å². The number of nitrogens with one attached hydrogen (secondary N) is 2. The normalized spacial score (nSPS) is 16.1. The Morgan fingerprint density at radius 2 is 1.93 bits per heavy atom. The van der Waals surface area contributed by atoms with Crippen LogP contribution < -0.4 is 10.9 Å². The molecule has 1 fully saturated rings. The lowest BCUT2D eigenvalue weighted by molar-refractivity contribution is -0.126. The molecule has 28 heavy (non-hydrogen) atoms. The molecule has 0 aromatic carbocycles. The van der Waals surface area contributed by atoms with Gasteiger partial charge in [-0.1, -0.05) is 0 Å². The van der Waals surface area contributed by atoms with Gasteiger partial charge in [-0.25, -0.2) is 13.4 Å². The van der Waals surface area contributed by atoms with Gasteiger partial charge in [-0.2, -0.15) is 4.31 Å². The Kier molecular flexibility index (Phi) is 6.22. The topological polar surface area (TPSA) is 113 Å². The molecule has 2 amide bonds. The number of halogens is 1. The molecule has 3 heterocycles. The summed E-state index contributed by atoms with van der Waals surface area (Å²) in [5.74, 6) is -0.474. The van der Waals surface area contributed by atoms with Crippen molar-refractivity contribution in [3.05, 3.63) is 32.8 Å². The summed E-state index contributed by atoms with van der Waals surface area (Å²) < 4.78 is 29.2. The number of amides is 2. The number of piperidine rings is 1. The van der Waals surface area contributed by atoms with Gasteiger partial charge in [-0.05, 0) is 47.8 Å². The first-order chi connectivity index (χ1) is 13.2. The van der Waals surface area contributed by atoms with Crippen LogP contribution in [0.4, 0.5) is 0 Å². The second-order valence-corrected chi connectivity index (χ2v) is 10.8. The minimum atomic E-state index is -3.68. The van der Waals surface area contributed by atoms with E-state index in [2.05, 4.69) is 31.8 Å². The third-order valence-electron chi connectivity index (χ3n) is 4.61. The van der Waals surface area contributed by atoms with Gasteiger partial charge in [0.15, 0.2) is 5.03 Å². The molecule has 1 saturated heterocycles. The Balaban J connectivity index is 1.53. The van der Waals surface area contributed by atoms with Crippen LogP contribution in [-0.4, -0.2) is 47.2 Å². The predicted octanol–water partition coefficient (Wildman–Crippen LogP) is 1.41. The van der Waals surface area contributed by atoms with Crippen LogP contribution in [0.5, 0.6) is 0 Å². The van der Waals surface area contributed by atoms with Gasteiger partial charge in [0.05, 0.1) is 8.66 Å². The number of nitrogens with zero attached hydrogens (tertiary/aromatic N) is 3. The first kappa shape index (κ1) is 21.0. The van der Waals surface area contributed by atoms with Gasteiger partial charge in [0, 0.05) is 32.3 Å². The Morgan fingerprint density at radius 1 is 1.25 bits per heavy atom. The van der Waals surface area contributed by atoms with E-state index in [1.807, 2.05) is 0 Å². The molecular weight excluding hydrogens is 470 g/mol. The van der Waals surface area contributed by atoms with Crippen molar-refractivity contribution in [2.45, 2.75) is 24.8 Å². The van der Waals surface area contributed by atoms with Crippen LogP contribution in [-0.2, 0) is 21.9 Å². The summed E-state index contributed by atoms with van der Waals surface area (Å²) in [5, 5.41) is 0.0183. The van der Waals surface area contributed by atoms with Gasteiger partial charge in [0.1, 0.15) is 5.82 Å². The van der Waals surface area contributed by atoms with Crippen molar-refractivity contribution in [2.24, 2.45) is 13.0 Å². The summed E-state index contributed by atoms with van der Waals surface area (Å²) in [5.41, 5.74) is 4.82. The van der Waals surface area contributed by atoms with Crippen molar-refractivity contribution in [1.82, 2.24) is 24.7 Å². The number of rotatable bonds is 4. The quantitative estimate of drug-likeness (QED) is 0.630. The fraction of sp³-hybridized carbons (Fsp3) is 0.438. The SMILES string of the molecule is Cc1nc(S(=O)(=O)N2CCC(C(=O)NNC(=O)c3ccc(Br)s3)CC2)cn1C. The zero-order valence-electron chi connectivity index (χ0n) is 15.3. The maximum atomic E-state index is 12.7. The van der Waals surface area contributed by atoms with E-state index in [-0.39, 0.29) is 29.9 Å².